The highest BCUT2D eigenvalue weighted by atomic mass is 32.3. The molecule has 0 aliphatic heterocycles. The number of benzene rings is 7. The van der Waals surface area contributed by atoms with Crippen LogP contribution < -0.4 is 10.6 Å². The van der Waals surface area contributed by atoms with E-state index in [-0.39, 0.29) is 38.8 Å². The van der Waals surface area contributed by atoms with Crippen molar-refractivity contribution in [2.75, 3.05) is 10.6 Å². The molecule has 0 saturated heterocycles. The molecule has 1 aliphatic rings. The van der Waals surface area contributed by atoms with Gasteiger partial charge in [-0.1, -0.05) is 121 Å². The van der Waals surface area contributed by atoms with Gasteiger partial charge in [0.25, 0.3) is 36.1 Å². The predicted molar refractivity (Wildman–Crippen MR) is 241 cm³/mol. The number of fused-ring (bicyclic) bond motifs is 2. The molecule has 1 aliphatic carbocycles. The molecule has 7 aromatic carbocycles. The Morgan fingerprint density at radius 1 is 0.547 bits per heavy atom. The molecule has 0 radical (unpaired) electrons. The average Bonchev–Trinajstić information content (AvgIpc) is 3.28. The second-order valence-corrected chi connectivity index (χ2v) is 18.3. The van der Waals surface area contributed by atoms with Crippen molar-refractivity contribution in [3.05, 3.63) is 174 Å². The van der Waals surface area contributed by atoms with Gasteiger partial charge in [0.05, 0.1) is 11.1 Å². The van der Waals surface area contributed by atoms with Crippen LogP contribution in [0, 0.1) is 0 Å². The molecule has 0 heterocycles. The molecular formula is C46H36N6O10S2. The maximum atomic E-state index is 13.6. The molecule has 16 nitrogen and oxygen atoms in total. The van der Waals surface area contributed by atoms with Gasteiger partial charge in [0.1, 0.15) is 11.4 Å². The van der Waals surface area contributed by atoms with E-state index in [0.29, 0.717) is 22.1 Å². The number of aromatic hydroxyl groups is 2. The van der Waals surface area contributed by atoms with Gasteiger partial charge in [0.2, 0.25) is 0 Å². The van der Waals surface area contributed by atoms with Crippen molar-refractivity contribution in [3.63, 3.8) is 0 Å². The van der Waals surface area contributed by atoms with Crippen molar-refractivity contribution in [1.29, 1.82) is 0 Å². The number of phenolic OH excluding ortho intramolecular Hbond substituents is 2. The average molecular weight is 897 g/mol. The Balaban J connectivity index is 1.35. The Morgan fingerprint density at radius 2 is 0.938 bits per heavy atom. The largest absolute Gasteiger partial charge is 0.505 e. The van der Waals surface area contributed by atoms with E-state index in [4.69, 9.17) is 0 Å². The molecule has 322 valence electrons. The van der Waals surface area contributed by atoms with E-state index in [1.54, 1.807) is 115 Å². The van der Waals surface area contributed by atoms with Crippen LogP contribution in [0.2, 0.25) is 0 Å². The summed E-state index contributed by atoms with van der Waals surface area (Å²) in [6, 6.07) is 39.9. The number of amides is 2. The molecule has 0 saturated carbocycles. The lowest BCUT2D eigenvalue weighted by atomic mass is 9.86. The van der Waals surface area contributed by atoms with Gasteiger partial charge in [-0.25, -0.2) is 0 Å². The van der Waals surface area contributed by atoms with Gasteiger partial charge in [-0.2, -0.15) is 27.1 Å². The van der Waals surface area contributed by atoms with Crippen molar-refractivity contribution < 1.29 is 45.7 Å². The fourth-order valence-electron chi connectivity index (χ4n) is 7.59. The first-order valence-corrected chi connectivity index (χ1v) is 22.3. The Bertz CT molecular complexity index is 3110. The highest BCUT2D eigenvalue weighted by Crippen LogP contribution is 2.52. The Morgan fingerprint density at radius 3 is 1.36 bits per heavy atom. The topological polar surface area (TPSA) is 257 Å². The van der Waals surface area contributed by atoms with Gasteiger partial charge in [-0.3, -0.25) is 18.7 Å². The molecule has 0 fully saturated rings. The minimum atomic E-state index is -5.87. The van der Waals surface area contributed by atoms with Gasteiger partial charge >= 0.3 is 0 Å². The molecule has 7 aromatic rings. The summed E-state index contributed by atoms with van der Waals surface area (Å²) in [6.07, 6.45) is -0.760. The van der Waals surface area contributed by atoms with Crippen molar-refractivity contribution in [2.24, 2.45) is 20.5 Å². The Kier molecular flexibility index (Phi) is 11.4. The number of para-hydroxylation sites is 2. The first-order chi connectivity index (χ1) is 30.6. The Labute approximate surface area is 365 Å². The predicted octanol–water partition coefficient (Wildman–Crippen LogP) is 9.82. The number of hydrogen-bond acceptors (Lipinski definition) is 12. The number of anilines is 2. The molecule has 0 aromatic heterocycles. The minimum absolute atomic E-state index is 0.00163. The van der Waals surface area contributed by atoms with Crippen LogP contribution in [0.4, 0.5) is 22.7 Å². The van der Waals surface area contributed by atoms with E-state index in [9.17, 15) is 45.7 Å². The molecule has 18 heteroatoms. The molecule has 6 N–H and O–H groups in total. The molecule has 8 rings (SSSR count). The van der Waals surface area contributed by atoms with E-state index >= 15 is 0 Å². The number of nitrogens with one attached hydrogen (secondary N) is 2. The molecule has 2 amide bonds. The SMILES string of the molecule is O=C(Nc1ccccc1)c1cc2ccccc2c(N=NC2(N=Nc3c(O)c(C(=O)Nc4ccccc4)cc4ccccc34)CC=C(c3ccccc3)C(S(=O)(=O)O)(S(=O)(=O)O)C2)c1O. The molecule has 0 bridgehead atoms. The van der Waals surface area contributed by atoms with E-state index in [1.165, 1.54) is 36.4 Å². The monoisotopic (exact) mass is 896 g/mol. The van der Waals surface area contributed by atoms with Gasteiger partial charge < -0.3 is 20.8 Å². The smallest absolute Gasteiger partial charge is 0.292 e. The lowest BCUT2D eigenvalue weighted by molar-refractivity contribution is 0.101. The van der Waals surface area contributed by atoms with Crippen molar-refractivity contribution in [2.45, 2.75) is 22.6 Å². The molecule has 0 atom stereocenters. The maximum absolute atomic E-state index is 13.6. The zero-order valence-electron chi connectivity index (χ0n) is 33.3. The number of azo groups is 2. The second-order valence-electron chi connectivity index (χ2n) is 14.8. The third-order valence-corrected chi connectivity index (χ3v) is 14.4. The van der Waals surface area contributed by atoms with Crippen LogP contribution in [-0.2, 0) is 20.2 Å². The van der Waals surface area contributed by atoms with E-state index in [2.05, 4.69) is 31.1 Å². The van der Waals surface area contributed by atoms with E-state index in [1.807, 2.05) is 0 Å². The standard InChI is InChI=1S/C46H36N6O10S2/c53-41-36(43(55)47-32-18-6-2-7-19-32)26-30-16-10-12-22-34(30)39(41)49-51-45(25-24-38(29-14-4-1-5-15-29)46(28-45,63(57,58)59)64(60,61)62)52-50-40-35-23-13-11-17-31(35)27-37(42(40)54)44(56)48-33-20-8-3-9-21-33/h1-24,26-27,53-54H,25,28H2,(H,47,55)(H,48,56)(H,57,58,59)(H,60,61,62). The van der Waals surface area contributed by atoms with Crippen LogP contribution >= 0.6 is 0 Å². The van der Waals surface area contributed by atoms with Crippen molar-refractivity contribution >= 4 is 81.9 Å². The van der Waals surface area contributed by atoms with E-state index in [0.717, 1.165) is 6.08 Å². The molecular weight excluding hydrogens is 861 g/mol. The fourth-order valence-corrected chi connectivity index (χ4v) is 10.4. The first kappa shape index (κ1) is 43.0. The summed E-state index contributed by atoms with van der Waals surface area (Å²) in [4.78, 5) is 27.3. The summed E-state index contributed by atoms with van der Waals surface area (Å²) < 4.78 is 72.9. The zero-order valence-corrected chi connectivity index (χ0v) is 34.9. The number of carbonyl (C=O) groups is 2. The number of nitrogens with zero attached hydrogens (tertiary/aromatic N) is 4. The summed E-state index contributed by atoms with van der Waals surface area (Å²) in [7, 11) is -11.7. The van der Waals surface area contributed by atoms with E-state index < -0.39 is 71.7 Å². The maximum Gasteiger partial charge on any atom is 0.292 e. The third kappa shape index (κ3) is 8.09. The van der Waals surface area contributed by atoms with Crippen LogP contribution in [-0.4, -0.2) is 57.7 Å². The molecule has 0 unspecified atom stereocenters. The second kappa shape index (κ2) is 16.9. The van der Waals surface area contributed by atoms with Crippen LogP contribution in [0.5, 0.6) is 11.5 Å². The number of phenols is 2. The summed E-state index contributed by atoms with van der Waals surface area (Å²) >= 11 is 0. The Hall–Kier alpha value is -7.64. The lowest BCUT2D eigenvalue weighted by Crippen LogP contribution is -2.53. The van der Waals surface area contributed by atoms with Gasteiger partial charge in [-0.05, 0) is 58.3 Å². The van der Waals surface area contributed by atoms with Crippen molar-refractivity contribution in [3.8, 4) is 11.5 Å². The van der Waals surface area contributed by atoms with Crippen LogP contribution in [0.15, 0.2) is 178 Å². The van der Waals surface area contributed by atoms with Crippen molar-refractivity contribution in [1.82, 2.24) is 0 Å². The van der Waals surface area contributed by atoms with Gasteiger partial charge in [0.15, 0.2) is 17.2 Å². The van der Waals surface area contributed by atoms with Gasteiger partial charge in [0, 0.05) is 35.0 Å². The molecule has 64 heavy (non-hydrogen) atoms. The third-order valence-electron chi connectivity index (χ3n) is 10.7. The summed E-state index contributed by atoms with van der Waals surface area (Å²) in [6.45, 7) is 0. The van der Waals surface area contributed by atoms with Gasteiger partial charge in [-0.15, -0.1) is 10.2 Å². The fraction of sp³-hybridized carbons (Fsp3) is 0.0870. The number of hydrogen-bond donors (Lipinski definition) is 6. The van der Waals surface area contributed by atoms with Crippen LogP contribution in [0.25, 0.3) is 27.1 Å². The summed E-state index contributed by atoms with van der Waals surface area (Å²) in [5, 5.41) is 47.6. The minimum Gasteiger partial charge on any atom is -0.505 e. The van der Waals surface area contributed by atoms with Crippen LogP contribution in [0.1, 0.15) is 39.1 Å². The first-order valence-electron chi connectivity index (χ1n) is 19.4. The highest BCUT2D eigenvalue weighted by molar-refractivity contribution is 8.06. The normalized spacial score (nSPS) is 16.5. The lowest BCUT2D eigenvalue weighted by Gasteiger charge is -2.39. The summed E-state index contributed by atoms with van der Waals surface area (Å²) in [5.41, 5.74) is -3.33. The summed E-state index contributed by atoms with van der Waals surface area (Å²) in [5.74, 6) is -2.81. The quantitative estimate of drug-likeness (QED) is 0.0529. The van der Waals surface area contributed by atoms with Crippen LogP contribution in [0.3, 0.4) is 0 Å². The number of rotatable bonds is 11. The zero-order chi connectivity index (χ0) is 45.3. The molecule has 0 spiro atoms. The highest BCUT2D eigenvalue weighted by Gasteiger charge is 2.64. The number of carbonyl (C=O) groups excluding carboxylic acids is 2.